The minimum atomic E-state index is -0.466. The molecule has 2 rings (SSSR count). The van der Waals surface area contributed by atoms with E-state index in [9.17, 15) is 4.79 Å². The number of carbonyl (C=O) groups excluding carboxylic acids is 1. The maximum atomic E-state index is 12.0. The normalized spacial score (nSPS) is 15.6. The second kappa shape index (κ2) is 6.25. The molecule has 2 N–H and O–H groups in total. The van der Waals surface area contributed by atoms with Gasteiger partial charge in [-0.1, -0.05) is 6.58 Å². The van der Waals surface area contributed by atoms with Crippen LogP contribution >= 0.6 is 0 Å². The molecule has 120 valence electrons. The Balaban J connectivity index is 1.92. The van der Waals surface area contributed by atoms with Crippen LogP contribution in [0.25, 0.3) is 5.70 Å². The molecule has 0 bridgehead atoms. The largest absolute Gasteiger partial charge is 0.444 e. The van der Waals surface area contributed by atoms with Crippen LogP contribution in [-0.2, 0) is 4.74 Å². The van der Waals surface area contributed by atoms with Gasteiger partial charge in [-0.15, -0.1) is 0 Å². The fourth-order valence-electron chi connectivity index (χ4n) is 2.30. The molecule has 0 unspecified atom stereocenters. The van der Waals surface area contributed by atoms with E-state index in [0.29, 0.717) is 18.9 Å². The van der Waals surface area contributed by atoms with Gasteiger partial charge in [0.05, 0.1) is 0 Å². The van der Waals surface area contributed by atoms with Gasteiger partial charge >= 0.3 is 6.09 Å². The molecule has 1 aromatic rings. The van der Waals surface area contributed by atoms with Crippen molar-refractivity contribution in [2.75, 3.05) is 31.9 Å². The minimum Gasteiger partial charge on any atom is -0.444 e. The highest BCUT2D eigenvalue weighted by atomic mass is 16.6. The zero-order valence-electron chi connectivity index (χ0n) is 13.5. The highest BCUT2D eigenvalue weighted by Gasteiger charge is 2.26. The molecule has 0 aliphatic carbocycles. The third-order valence-corrected chi connectivity index (χ3v) is 3.43. The summed E-state index contributed by atoms with van der Waals surface area (Å²) in [4.78, 5) is 19.9. The molecule has 1 fully saturated rings. The third kappa shape index (κ3) is 4.13. The number of carbonyl (C=O) groups is 1. The van der Waals surface area contributed by atoms with Gasteiger partial charge in [-0.2, -0.15) is 0 Å². The van der Waals surface area contributed by atoms with Crippen LogP contribution in [0.1, 0.15) is 26.3 Å². The standard InChI is InChI=1S/C16H24N4O2/c1-12(13-5-6-18-14(17)11-13)19-7-9-20(10-8-19)15(21)22-16(2,3)4/h5-6,11H,1,7-10H2,2-4H3,(H2,17,18). The molecule has 22 heavy (non-hydrogen) atoms. The van der Waals surface area contributed by atoms with E-state index in [1.54, 1.807) is 11.1 Å². The number of hydrogen-bond acceptors (Lipinski definition) is 5. The SMILES string of the molecule is C=C(c1ccnc(N)c1)N1CCN(C(=O)OC(C)(C)C)CC1. The number of amides is 1. The quantitative estimate of drug-likeness (QED) is 0.907. The molecule has 1 saturated heterocycles. The van der Waals surface area contributed by atoms with Crippen LogP contribution < -0.4 is 5.73 Å². The van der Waals surface area contributed by atoms with Crippen molar-refractivity contribution >= 4 is 17.6 Å². The van der Waals surface area contributed by atoms with Gasteiger partial charge < -0.3 is 20.3 Å². The van der Waals surface area contributed by atoms with Crippen molar-refractivity contribution < 1.29 is 9.53 Å². The predicted molar refractivity (Wildman–Crippen MR) is 87.1 cm³/mol. The summed E-state index contributed by atoms with van der Waals surface area (Å²) >= 11 is 0. The highest BCUT2D eigenvalue weighted by Crippen LogP contribution is 2.20. The lowest BCUT2D eigenvalue weighted by Gasteiger charge is -2.37. The first-order valence-electron chi connectivity index (χ1n) is 7.40. The number of rotatable bonds is 2. The van der Waals surface area contributed by atoms with Gasteiger partial charge in [0.25, 0.3) is 0 Å². The topological polar surface area (TPSA) is 71.7 Å². The van der Waals surface area contributed by atoms with Crippen molar-refractivity contribution in [3.05, 3.63) is 30.5 Å². The number of nitrogen functional groups attached to an aromatic ring is 1. The van der Waals surface area contributed by atoms with Gasteiger partial charge in [0.15, 0.2) is 0 Å². The average Bonchev–Trinajstić information content (AvgIpc) is 2.45. The minimum absolute atomic E-state index is 0.258. The van der Waals surface area contributed by atoms with Gasteiger partial charge in [0, 0.05) is 43.6 Å². The van der Waals surface area contributed by atoms with Gasteiger partial charge in [-0.25, -0.2) is 9.78 Å². The van der Waals surface area contributed by atoms with E-state index in [2.05, 4.69) is 16.5 Å². The summed E-state index contributed by atoms with van der Waals surface area (Å²) in [5, 5.41) is 0. The zero-order valence-corrected chi connectivity index (χ0v) is 13.5. The third-order valence-electron chi connectivity index (χ3n) is 3.43. The van der Waals surface area contributed by atoms with E-state index in [-0.39, 0.29) is 6.09 Å². The first kappa shape index (κ1) is 16.1. The van der Waals surface area contributed by atoms with Crippen LogP contribution in [0.15, 0.2) is 24.9 Å². The second-order valence-corrected chi connectivity index (χ2v) is 6.37. The molecule has 1 amide bonds. The summed E-state index contributed by atoms with van der Waals surface area (Å²) in [6, 6.07) is 3.70. The van der Waals surface area contributed by atoms with E-state index in [1.165, 1.54) is 0 Å². The average molecular weight is 304 g/mol. The van der Waals surface area contributed by atoms with Crippen molar-refractivity contribution in [1.82, 2.24) is 14.8 Å². The molecule has 0 spiro atoms. The Bertz CT molecular complexity index is 558. The lowest BCUT2D eigenvalue weighted by molar-refractivity contribution is 0.0182. The van der Waals surface area contributed by atoms with Crippen LogP contribution in [0.3, 0.4) is 0 Å². The number of nitrogens with zero attached hydrogens (tertiary/aromatic N) is 3. The number of ether oxygens (including phenoxy) is 1. The molecular formula is C16H24N4O2. The smallest absolute Gasteiger partial charge is 0.410 e. The fraction of sp³-hybridized carbons (Fsp3) is 0.500. The summed E-state index contributed by atoms with van der Waals surface area (Å²) < 4.78 is 5.39. The van der Waals surface area contributed by atoms with Gasteiger partial charge in [-0.3, -0.25) is 0 Å². The first-order chi connectivity index (χ1) is 10.3. The Hall–Kier alpha value is -2.24. The fourth-order valence-corrected chi connectivity index (χ4v) is 2.30. The number of nitrogens with two attached hydrogens (primary N) is 1. The molecule has 0 aromatic carbocycles. The van der Waals surface area contributed by atoms with E-state index < -0.39 is 5.60 Å². The van der Waals surface area contributed by atoms with Crippen LogP contribution in [0.2, 0.25) is 0 Å². The van der Waals surface area contributed by atoms with E-state index in [0.717, 1.165) is 24.4 Å². The van der Waals surface area contributed by atoms with Gasteiger partial charge in [0.1, 0.15) is 11.4 Å². The molecule has 0 radical (unpaired) electrons. The Labute approximate surface area is 131 Å². The zero-order chi connectivity index (χ0) is 16.3. The van der Waals surface area contributed by atoms with Crippen LogP contribution in [0.4, 0.5) is 10.6 Å². The Kier molecular flexibility index (Phi) is 4.59. The van der Waals surface area contributed by atoms with Crippen molar-refractivity contribution in [3.63, 3.8) is 0 Å². The molecule has 2 heterocycles. The Morgan fingerprint density at radius 2 is 1.86 bits per heavy atom. The van der Waals surface area contributed by atoms with Crippen molar-refractivity contribution in [1.29, 1.82) is 0 Å². The lowest BCUT2D eigenvalue weighted by atomic mass is 10.1. The van der Waals surface area contributed by atoms with Gasteiger partial charge in [0.2, 0.25) is 0 Å². The highest BCUT2D eigenvalue weighted by molar-refractivity contribution is 5.69. The maximum absolute atomic E-state index is 12.0. The summed E-state index contributed by atoms with van der Waals surface area (Å²) in [5.41, 5.74) is 7.10. The molecular weight excluding hydrogens is 280 g/mol. The van der Waals surface area contributed by atoms with E-state index >= 15 is 0 Å². The predicted octanol–water partition coefficient (Wildman–Crippen LogP) is 2.19. The maximum Gasteiger partial charge on any atom is 0.410 e. The molecule has 0 saturated carbocycles. The van der Waals surface area contributed by atoms with Crippen molar-refractivity contribution in [3.8, 4) is 0 Å². The molecule has 1 aliphatic rings. The monoisotopic (exact) mass is 304 g/mol. The van der Waals surface area contributed by atoms with Crippen LogP contribution in [0, 0.1) is 0 Å². The Morgan fingerprint density at radius 3 is 2.41 bits per heavy atom. The summed E-state index contributed by atoms with van der Waals surface area (Å²) in [7, 11) is 0. The molecule has 1 aromatic heterocycles. The number of aromatic nitrogens is 1. The number of hydrogen-bond donors (Lipinski definition) is 1. The first-order valence-corrected chi connectivity index (χ1v) is 7.40. The lowest BCUT2D eigenvalue weighted by Crippen LogP contribution is -2.49. The number of anilines is 1. The van der Waals surface area contributed by atoms with Crippen LogP contribution in [-0.4, -0.2) is 52.7 Å². The van der Waals surface area contributed by atoms with Crippen molar-refractivity contribution in [2.24, 2.45) is 0 Å². The molecule has 6 heteroatoms. The van der Waals surface area contributed by atoms with E-state index in [4.69, 9.17) is 10.5 Å². The van der Waals surface area contributed by atoms with E-state index in [1.807, 2.05) is 32.9 Å². The second-order valence-electron chi connectivity index (χ2n) is 6.37. The Morgan fingerprint density at radius 1 is 1.27 bits per heavy atom. The van der Waals surface area contributed by atoms with Crippen molar-refractivity contribution in [2.45, 2.75) is 26.4 Å². The molecule has 6 nitrogen and oxygen atoms in total. The molecule has 0 atom stereocenters. The number of pyridine rings is 1. The molecule has 1 aliphatic heterocycles. The summed E-state index contributed by atoms with van der Waals surface area (Å²) in [6.07, 6.45) is 1.41. The number of piperazine rings is 1. The van der Waals surface area contributed by atoms with Crippen LogP contribution in [0.5, 0.6) is 0 Å². The van der Waals surface area contributed by atoms with Gasteiger partial charge in [-0.05, 0) is 32.9 Å². The summed E-state index contributed by atoms with van der Waals surface area (Å²) in [5.74, 6) is 0.478. The summed E-state index contributed by atoms with van der Waals surface area (Å²) in [6.45, 7) is 12.4.